The summed E-state index contributed by atoms with van der Waals surface area (Å²) in [5.41, 5.74) is 17.2. The molecular weight excluding hydrogens is 1580 g/mol. The highest BCUT2D eigenvalue weighted by Crippen LogP contribution is 2.42. The molecule has 0 aliphatic carbocycles. The Labute approximate surface area is 696 Å². The second kappa shape index (κ2) is 35.6. The largest absolute Gasteiger partial charge is 0.497 e. The third-order valence-corrected chi connectivity index (χ3v) is 20.2. The lowest BCUT2D eigenvalue weighted by Gasteiger charge is -2.15. The van der Waals surface area contributed by atoms with Gasteiger partial charge in [-0.2, -0.15) is 45.7 Å². The predicted molar refractivity (Wildman–Crippen MR) is 457 cm³/mol. The zero-order valence-electron chi connectivity index (χ0n) is 64.4. The highest BCUT2D eigenvalue weighted by molar-refractivity contribution is 7.89. The fourth-order valence-corrected chi connectivity index (χ4v) is 13.8. The molecule has 590 valence electrons. The lowest BCUT2D eigenvalue weighted by atomic mass is 10.00. The van der Waals surface area contributed by atoms with Crippen molar-refractivity contribution in [3.8, 4) is 98.0 Å². The molecule has 17 rings (SSSR count). The minimum atomic E-state index is -3.76. The third-order valence-electron chi connectivity index (χ3n) is 18.7. The quantitative estimate of drug-likeness (QED) is 0.0421. The first-order valence-corrected chi connectivity index (χ1v) is 39.0. The van der Waals surface area contributed by atoms with Crippen LogP contribution in [0.4, 0.5) is 34.9 Å². The summed E-state index contributed by atoms with van der Waals surface area (Å²) in [7, 11) is -0.483. The molecule has 0 unspecified atom stereocenters. The number of anilines is 6. The van der Waals surface area contributed by atoms with E-state index in [-0.39, 0.29) is 16.7 Å². The first-order valence-electron chi connectivity index (χ1n) is 36.7. The summed E-state index contributed by atoms with van der Waals surface area (Å²) in [6.45, 7) is 6.81. The number of ether oxygens (including phenoxy) is 5. The number of primary sulfonamides is 1. The molecule has 6 N–H and O–H groups in total. The second-order valence-corrected chi connectivity index (χ2v) is 29.3. The van der Waals surface area contributed by atoms with Crippen LogP contribution in [0.3, 0.4) is 0 Å². The Morgan fingerprint density at radius 2 is 0.833 bits per heavy atom. The lowest BCUT2D eigenvalue weighted by Crippen LogP contribution is -2.11. The van der Waals surface area contributed by atoms with Crippen LogP contribution in [0.2, 0.25) is 10.0 Å². The van der Waals surface area contributed by atoms with E-state index in [0.717, 1.165) is 72.7 Å². The van der Waals surface area contributed by atoms with Crippen molar-refractivity contribution in [1.29, 1.82) is 15.8 Å². The summed E-state index contributed by atoms with van der Waals surface area (Å²) >= 11 is 13.5. The van der Waals surface area contributed by atoms with Crippen molar-refractivity contribution in [3.05, 3.63) is 311 Å². The number of aryl methyl sites for hydroxylation is 3. The summed E-state index contributed by atoms with van der Waals surface area (Å²) in [5, 5.41) is 42.8. The van der Waals surface area contributed by atoms with Crippen LogP contribution >= 0.6 is 23.2 Å². The predicted octanol–water partition coefficient (Wildman–Crippen LogP) is 19.0. The molecule has 17 aromatic rings. The van der Waals surface area contributed by atoms with E-state index in [1.54, 1.807) is 137 Å². The van der Waals surface area contributed by atoms with Crippen molar-refractivity contribution < 1.29 is 32.1 Å². The number of nitrogens with zero attached hydrogens (tertiary/aromatic N) is 16. The van der Waals surface area contributed by atoms with Gasteiger partial charge in [0, 0.05) is 54.9 Å². The number of benzene rings is 9. The minimum absolute atomic E-state index is 0.0578. The van der Waals surface area contributed by atoms with Crippen LogP contribution in [0.5, 0.6) is 46.4 Å². The Balaban J connectivity index is 0.000000141. The van der Waals surface area contributed by atoms with Crippen molar-refractivity contribution in [1.82, 2.24) is 68.9 Å². The number of nitriles is 3. The standard InChI is InChI=1S/C32H24ClN7O2.C31H22ClN7O2.C26H21N7O3S/c1-20-15-24(23-11-13-35-14-12-23)16-27(33)29(20)42-31-28-30(36-19-40(28)18-22-5-9-26(41-2)10-6-22)38-32(39-31)37-25-7-3-21(17-34)4-8-25;1-40-25-9-4-21(5-10-25)18-39-19-35-29-28(39)30(38-31(37-29)36-24-7-2-20(17-33)3-8-24)41-27-11-6-23(16-26(27)32)22-12-14-34-15-13-22;1-15-11-19(18-5-9-21(10-6-18)37(28,34)35)12-16(2)23(15)36-25-22-24(30-14-29-22)32-26(33-25)31-20-7-3-17(13-27)4-8-20/h3-16,19H,18H2,1-2H3,(H,37,38,39);2-16,19H,18H2,1H3,(H,36,37,38);3-12,14H,1-2H3,(H2,28,34,35)(H2,29,30,31,32,33). The molecule has 28 nitrogen and oxygen atoms in total. The van der Waals surface area contributed by atoms with E-state index < -0.39 is 10.0 Å². The van der Waals surface area contributed by atoms with Crippen molar-refractivity contribution in [2.75, 3.05) is 30.2 Å². The number of hydrogen-bond donors (Lipinski definition) is 5. The fourth-order valence-electron chi connectivity index (χ4n) is 12.7. The molecule has 0 aliphatic rings. The van der Waals surface area contributed by atoms with Crippen molar-refractivity contribution in [2.45, 2.75) is 38.8 Å². The number of imidazole rings is 3. The second-order valence-electron chi connectivity index (χ2n) is 26.9. The molecule has 0 radical (unpaired) electrons. The van der Waals surface area contributed by atoms with Gasteiger partial charge in [0.1, 0.15) is 28.5 Å². The normalized spacial score (nSPS) is 10.9. The van der Waals surface area contributed by atoms with E-state index in [2.05, 4.69) is 84.0 Å². The Morgan fingerprint density at radius 1 is 0.433 bits per heavy atom. The Morgan fingerprint density at radius 3 is 1.27 bits per heavy atom. The molecule has 9 aromatic carbocycles. The number of methoxy groups -OCH3 is 2. The number of rotatable bonds is 22. The zero-order valence-corrected chi connectivity index (χ0v) is 66.7. The molecule has 0 saturated carbocycles. The molecule has 8 heterocycles. The first-order chi connectivity index (χ1) is 58.3. The molecule has 31 heteroatoms. The van der Waals surface area contributed by atoms with Crippen LogP contribution in [0.25, 0.3) is 66.9 Å². The number of halogens is 2. The number of nitrogens with two attached hydrogens (primary N) is 1. The Bertz CT molecular complexity index is 6830. The van der Waals surface area contributed by atoms with E-state index >= 15 is 0 Å². The summed E-state index contributed by atoms with van der Waals surface area (Å²) in [5.74, 6) is 4.86. The molecule has 0 spiro atoms. The van der Waals surface area contributed by atoms with Crippen LogP contribution < -0.4 is 44.8 Å². The van der Waals surface area contributed by atoms with Crippen LogP contribution in [-0.4, -0.2) is 91.6 Å². The van der Waals surface area contributed by atoms with Gasteiger partial charge in [0.15, 0.2) is 33.7 Å². The van der Waals surface area contributed by atoms with Crippen molar-refractivity contribution in [2.24, 2.45) is 5.14 Å². The van der Waals surface area contributed by atoms with Crippen LogP contribution in [0.1, 0.15) is 44.5 Å². The molecule has 8 aromatic heterocycles. The first kappa shape index (κ1) is 79.5. The number of H-pyrrole nitrogens is 1. The number of nitrogens with one attached hydrogen (secondary N) is 4. The van der Waals surface area contributed by atoms with E-state index in [4.69, 9.17) is 77.8 Å². The molecule has 0 atom stereocenters. The number of aromatic nitrogens is 14. The van der Waals surface area contributed by atoms with Crippen LogP contribution in [-0.2, 0) is 23.1 Å². The molecular formula is C89H67Cl2N21O7S. The SMILES string of the molecule is COc1ccc(Cn2cnc3nc(Nc4ccc(C#N)cc4)nc(Oc4c(C)cc(-c5ccncc5)cc4Cl)c32)cc1.COc1ccc(Cn2cnc3nc(Nc4ccc(C#N)cc4)nc(Oc4ccc(-c5ccncc5)cc4Cl)c32)cc1.Cc1cc(-c2ccc(S(N)(=O)=O)cc2)cc(C)c1Oc1nc(Nc2ccc(C#N)cc2)nc2nc[nH]c12. The van der Waals surface area contributed by atoms with Gasteiger partial charge in [-0.25, -0.2) is 28.5 Å². The maximum atomic E-state index is 11.6. The summed E-state index contributed by atoms with van der Waals surface area (Å²) < 4.78 is 56.7. The van der Waals surface area contributed by atoms with Gasteiger partial charge in [-0.05, 0) is 252 Å². The maximum Gasteiger partial charge on any atom is 0.250 e. The lowest BCUT2D eigenvalue weighted by molar-refractivity contribution is 0.414. The van der Waals surface area contributed by atoms with E-state index in [0.29, 0.717) is 131 Å². The molecule has 0 fully saturated rings. The average molecular weight is 1650 g/mol. The molecule has 120 heavy (non-hydrogen) atoms. The number of sulfonamides is 1. The fraction of sp³-hybridized carbons (Fsp3) is 0.0787. The smallest absolute Gasteiger partial charge is 0.250 e. The number of pyridine rings is 2. The monoisotopic (exact) mass is 1640 g/mol. The minimum Gasteiger partial charge on any atom is -0.497 e. The Hall–Kier alpha value is -15.7. The topological polar surface area (TPSA) is 381 Å². The number of hydrogen-bond acceptors (Lipinski definition) is 24. The highest BCUT2D eigenvalue weighted by Gasteiger charge is 2.24. The van der Waals surface area contributed by atoms with Gasteiger partial charge in [0.2, 0.25) is 27.9 Å². The summed E-state index contributed by atoms with van der Waals surface area (Å²) in [4.78, 5) is 52.3. The van der Waals surface area contributed by atoms with Gasteiger partial charge < -0.3 is 53.8 Å². The summed E-state index contributed by atoms with van der Waals surface area (Å²) in [6.07, 6.45) is 11.9. The average Bonchev–Trinajstić information content (AvgIpc) is 1.57. The van der Waals surface area contributed by atoms with Crippen LogP contribution in [0, 0.1) is 54.8 Å². The van der Waals surface area contributed by atoms with Gasteiger partial charge in [-0.15, -0.1) is 0 Å². The van der Waals surface area contributed by atoms with Crippen molar-refractivity contribution in [3.63, 3.8) is 0 Å². The van der Waals surface area contributed by atoms with E-state index in [1.165, 1.54) is 18.5 Å². The van der Waals surface area contributed by atoms with Gasteiger partial charge in [-0.3, -0.25) is 9.97 Å². The number of aromatic amines is 1. The third kappa shape index (κ3) is 18.6. The van der Waals surface area contributed by atoms with Gasteiger partial charge in [0.05, 0.1) is 83.0 Å². The van der Waals surface area contributed by atoms with Gasteiger partial charge >= 0.3 is 0 Å². The van der Waals surface area contributed by atoms with E-state index in [1.807, 2.05) is 145 Å². The zero-order chi connectivity index (χ0) is 83.4. The van der Waals surface area contributed by atoms with Gasteiger partial charge in [-0.1, -0.05) is 65.7 Å². The molecule has 0 saturated heterocycles. The van der Waals surface area contributed by atoms with Crippen LogP contribution in [0.15, 0.2) is 261 Å². The Kier molecular flexibility index (Phi) is 23.6. The molecule has 0 bridgehead atoms. The summed E-state index contributed by atoms with van der Waals surface area (Å²) in [6, 6.07) is 70.3. The number of fused-ring (bicyclic) bond motifs is 3. The maximum absolute atomic E-state index is 11.6. The molecule has 0 amide bonds. The van der Waals surface area contributed by atoms with Gasteiger partial charge in [0.25, 0.3) is 17.6 Å². The van der Waals surface area contributed by atoms with Crippen molar-refractivity contribution >= 4 is 102 Å². The molecule has 0 aliphatic heterocycles. The van der Waals surface area contributed by atoms with E-state index in [9.17, 15) is 8.42 Å². The highest BCUT2D eigenvalue weighted by atomic mass is 35.5.